The second-order valence-electron chi connectivity index (χ2n) is 11.9. The predicted molar refractivity (Wildman–Crippen MR) is 171 cm³/mol. The summed E-state index contributed by atoms with van der Waals surface area (Å²) in [7, 11) is 2.81. The summed E-state index contributed by atoms with van der Waals surface area (Å²) in [5.41, 5.74) is 4.97. The van der Waals surface area contributed by atoms with Crippen molar-refractivity contribution in [3.05, 3.63) is 73.1 Å². The molecule has 10 heteroatoms. The fraction of sp³-hybridized carbons (Fsp3) is 0.438. The van der Waals surface area contributed by atoms with E-state index in [0.29, 0.717) is 0 Å². The smallest absolute Gasteiger partial charge is 0.410 e. The molecule has 0 saturated carbocycles. The van der Waals surface area contributed by atoms with Crippen LogP contribution in [0, 0.1) is 0 Å². The summed E-state index contributed by atoms with van der Waals surface area (Å²) in [6.45, 7) is 10.0. The molecule has 4 aromatic rings. The Morgan fingerprint density at radius 3 is 2.55 bits per heavy atom. The lowest BCUT2D eigenvalue weighted by Crippen LogP contribution is -2.38. The molecular formula is C32H44N6O3Si. The van der Waals surface area contributed by atoms with E-state index in [-0.39, 0.29) is 18.7 Å². The van der Waals surface area contributed by atoms with Crippen LogP contribution < -0.4 is 4.90 Å². The molecule has 0 radical (unpaired) electrons. The number of carbonyl (C=O) groups excluding carboxylic acids is 1. The lowest BCUT2D eigenvalue weighted by atomic mass is 10.1. The van der Waals surface area contributed by atoms with Gasteiger partial charge in [0, 0.05) is 95.0 Å². The van der Waals surface area contributed by atoms with Gasteiger partial charge < -0.3 is 24.3 Å². The number of nitrogens with one attached hydrogen (secondary N) is 1. The van der Waals surface area contributed by atoms with Gasteiger partial charge in [-0.3, -0.25) is 0 Å². The minimum Gasteiger partial charge on any atom is -0.445 e. The molecule has 1 unspecified atom stereocenters. The summed E-state index contributed by atoms with van der Waals surface area (Å²) in [6.07, 6.45) is 11.5. The van der Waals surface area contributed by atoms with Gasteiger partial charge in [0.25, 0.3) is 0 Å². The molecule has 1 aliphatic heterocycles. The molecule has 1 aliphatic rings. The van der Waals surface area contributed by atoms with E-state index in [4.69, 9.17) is 9.47 Å². The summed E-state index contributed by atoms with van der Waals surface area (Å²) in [6, 6.07) is 13.3. The number of methoxy groups -OCH3 is 1. The molecule has 1 amide bonds. The standard InChI is InChI=1S/C26H28N6O2.C6H16OSi/c1-31(26(33)34-17-19-6-3-2-4-7-19)21-8-5-12-32(13-10-21)23-9-11-29-25-24(23)22(16-30-25)20-14-27-18-28-15-20;1-7-5-6-8(2,3)4/h2-4,6-7,9,11,14-16,18,21H,5,8,10,12-13,17H2,1H3,(H,29,30);5-6H2,1-4H3. The Kier molecular flexibility index (Phi) is 11.1. The first-order valence-corrected chi connectivity index (χ1v) is 18.4. The highest BCUT2D eigenvalue weighted by Crippen LogP contribution is 2.35. The molecule has 1 N–H and O–H groups in total. The fourth-order valence-corrected chi connectivity index (χ4v) is 5.87. The number of hydrogen-bond donors (Lipinski definition) is 1. The number of pyridine rings is 1. The Labute approximate surface area is 250 Å². The predicted octanol–water partition coefficient (Wildman–Crippen LogP) is 6.62. The van der Waals surface area contributed by atoms with Gasteiger partial charge in [0.15, 0.2) is 0 Å². The van der Waals surface area contributed by atoms with Crippen LogP contribution in [0.1, 0.15) is 24.8 Å². The summed E-state index contributed by atoms with van der Waals surface area (Å²) in [5, 5.41) is 1.08. The van der Waals surface area contributed by atoms with Crippen molar-refractivity contribution in [3.63, 3.8) is 0 Å². The summed E-state index contributed by atoms with van der Waals surface area (Å²) < 4.78 is 10.5. The van der Waals surface area contributed by atoms with Crippen molar-refractivity contribution in [3.8, 4) is 11.1 Å². The van der Waals surface area contributed by atoms with Gasteiger partial charge in [0.05, 0.1) is 0 Å². The van der Waals surface area contributed by atoms with E-state index in [1.165, 1.54) is 12.4 Å². The highest BCUT2D eigenvalue weighted by Gasteiger charge is 2.26. The number of H-pyrrole nitrogens is 1. The third-order valence-electron chi connectivity index (χ3n) is 7.56. The zero-order valence-corrected chi connectivity index (χ0v) is 26.5. The van der Waals surface area contributed by atoms with Gasteiger partial charge in [-0.2, -0.15) is 0 Å². The number of carbonyl (C=O) groups is 1. The van der Waals surface area contributed by atoms with Gasteiger partial charge in [-0.15, -0.1) is 0 Å². The number of fused-ring (bicyclic) bond motifs is 1. The Balaban J connectivity index is 0.000000446. The Hall–Kier alpha value is -3.76. The normalized spacial score (nSPS) is 15.5. The van der Waals surface area contributed by atoms with E-state index in [1.54, 1.807) is 12.0 Å². The largest absolute Gasteiger partial charge is 0.445 e. The van der Waals surface area contributed by atoms with Gasteiger partial charge in [0.2, 0.25) is 0 Å². The van der Waals surface area contributed by atoms with E-state index in [2.05, 4.69) is 50.5 Å². The molecule has 1 atom stereocenters. The van der Waals surface area contributed by atoms with Crippen LogP contribution in [-0.2, 0) is 16.1 Å². The van der Waals surface area contributed by atoms with Gasteiger partial charge in [0.1, 0.15) is 18.6 Å². The number of hydrogen-bond acceptors (Lipinski definition) is 7. The molecule has 224 valence electrons. The molecule has 42 heavy (non-hydrogen) atoms. The van der Waals surface area contributed by atoms with Crippen molar-refractivity contribution >= 4 is 30.9 Å². The van der Waals surface area contributed by atoms with Crippen molar-refractivity contribution in [2.24, 2.45) is 0 Å². The zero-order chi connectivity index (χ0) is 30.0. The quantitative estimate of drug-likeness (QED) is 0.231. The Bertz CT molecular complexity index is 1390. The number of nitrogens with zero attached hydrogens (tertiary/aromatic N) is 5. The first-order chi connectivity index (χ1) is 20.3. The summed E-state index contributed by atoms with van der Waals surface area (Å²) in [5.74, 6) is 0. The Morgan fingerprint density at radius 2 is 1.86 bits per heavy atom. The third-order valence-corrected chi connectivity index (χ3v) is 9.26. The van der Waals surface area contributed by atoms with E-state index in [9.17, 15) is 4.79 Å². The Morgan fingerprint density at radius 1 is 1.10 bits per heavy atom. The first kappa shape index (κ1) is 31.2. The number of benzene rings is 1. The molecule has 0 spiro atoms. The topological polar surface area (TPSA) is 96.5 Å². The van der Waals surface area contributed by atoms with Crippen molar-refractivity contribution in [1.82, 2.24) is 24.8 Å². The van der Waals surface area contributed by atoms with Crippen LogP contribution in [0.15, 0.2) is 67.5 Å². The zero-order valence-electron chi connectivity index (χ0n) is 25.5. The van der Waals surface area contributed by atoms with Crippen LogP contribution in [-0.4, -0.2) is 78.9 Å². The van der Waals surface area contributed by atoms with Gasteiger partial charge in [-0.25, -0.2) is 19.7 Å². The average molecular weight is 589 g/mol. The van der Waals surface area contributed by atoms with Gasteiger partial charge >= 0.3 is 6.09 Å². The minimum atomic E-state index is -0.803. The van der Waals surface area contributed by atoms with Crippen LogP contribution in [0.2, 0.25) is 25.7 Å². The van der Waals surface area contributed by atoms with E-state index in [1.807, 2.05) is 62.2 Å². The van der Waals surface area contributed by atoms with Crippen LogP contribution in [0.4, 0.5) is 10.5 Å². The van der Waals surface area contributed by atoms with Crippen LogP contribution in [0.3, 0.4) is 0 Å². The van der Waals surface area contributed by atoms with Crippen LogP contribution >= 0.6 is 0 Å². The van der Waals surface area contributed by atoms with E-state index >= 15 is 0 Å². The lowest BCUT2D eigenvalue weighted by molar-refractivity contribution is 0.0887. The summed E-state index contributed by atoms with van der Waals surface area (Å²) >= 11 is 0. The maximum atomic E-state index is 12.7. The second-order valence-corrected chi connectivity index (χ2v) is 17.5. The molecule has 5 rings (SSSR count). The number of amides is 1. The molecule has 1 fully saturated rings. The van der Waals surface area contributed by atoms with Gasteiger partial charge in [-0.1, -0.05) is 50.0 Å². The number of ether oxygens (including phenoxy) is 2. The maximum absolute atomic E-state index is 12.7. The fourth-order valence-electron chi connectivity index (χ4n) is 5.05. The number of anilines is 1. The minimum absolute atomic E-state index is 0.138. The lowest BCUT2D eigenvalue weighted by Gasteiger charge is -2.27. The number of aromatic amines is 1. The second kappa shape index (κ2) is 14.9. The van der Waals surface area contributed by atoms with Crippen molar-refractivity contribution in [2.75, 3.05) is 38.8 Å². The molecule has 1 aromatic carbocycles. The summed E-state index contributed by atoms with van der Waals surface area (Å²) in [4.78, 5) is 33.0. The molecule has 0 aliphatic carbocycles. The molecule has 1 saturated heterocycles. The van der Waals surface area contributed by atoms with E-state index in [0.717, 1.165) is 72.4 Å². The van der Waals surface area contributed by atoms with Crippen LogP contribution in [0.25, 0.3) is 22.2 Å². The first-order valence-electron chi connectivity index (χ1n) is 14.7. The van der Waals surface area contributed by atoms with Crippen molar-refractivity contribution in [2.45, 2.75) is 57.6 Å². The maximum Gasteiger partial charge on any atom is 0.410 e. The number of aromatic nitrogens is 4. The highest BCUT2D eigenvalue weighted by atomic mass is 28.3. The molecule has 3 aromatic heterocycles. The molecular weight excluding hydrogens is 544 g/mol. The highest BCUT2D eigenvalue weighted by molar-refractivity contribution is 6.76. The average Bonchev–Trinajstić information content (AvgIpc) is 3.29. The number of rotatable bonds is 8. The molecule has 0 bridgehead atoms. The van der Waals surface area contributed by atoms with Crippen molar-refractivity contribution < 1.29 is 14.3 Å². The van der Waals surface area contributed by atoms with Crippen LogP contribution in [0.5, 0.6) is 0 Å². The van der Waals surface area contributed by atoms with Gasteiger partial charge in [-0.05, 0) is 36.9 Å². The van der Waals surface area contributed by atoms with E-state index < -0.39 is 8.07 Å². The monoisotopic (exact) mass is 588 g/mol. The molecule has 4 heterocycles. The van der Waals surface area contributed by atoms with Crippen molar-refractivity contribution in [1.29, 1.82) is 0 Å². The SMILES string of the molecule is CN(C(=O)OCc1ccccc1)C1CCCN(c2ccnc3[nH]cc(-c4cncnc4)c23)CC1.COCC[Si](C)(C)C. The molecule has 9 nitrogen and oxygen atoms in total. The third kappa shape index (κ3) is 8.62.